The van der Waals surface area contributed by atoms with Gasteiger partial charge in [0.25, 0.3) is 0 Å². The van der Waals surface area contributed by atoms with Crippen molar-refractivity contribution >= 4 is 24.5 Å². The molecule has 4 atom stereocenters. The first kappa shape index (κ1) is 25.5. The van der Waals surface area contributed by atoms with Crippen LogP contribution < -0.4 is 0 Å². The molecule has 0 N–H and O–H groups in total. The van der Waals surface area contributed by atoms with Crippen LogP contribution >= 0.6 is 0 Å². The van der Waals surface area contributed by atoms with Crippen molar-refractivity contribution in [2.75, 3.05) is 13.2 Å². The molecule has 0 heterocycles. The molecule has 0 spiro atoms. The number of ether oxygens (including phenoxy) is 2. The zero-order chi connectivity index (χ0) is 23.1. The van der Waals surface area contributed by atoms with E-state index in [4.69, 9.17) is 9.47 Å². The zero-order valence-electron chi connectivity index (χ0n) is 19.7. The topological polar surface area (TPSA) is 86.7 Å². The maximum atomic E-state index is 12.0. The smallest absolute Gasteiger partial charge is 0.310 e. The summed E-state index contributed by atoms with van der Waals surface area (Å²) in [6, 6.07) is 0. The van der Waals surface area contributed by atoms with Gasteiger partial charge in [0.15, 0.2) is 0 Å². The molecule has 2 fully saturated rings. The highest BCUT2D eigenvalue weighted by Gasteiger charge is 2.63. The Morgan fingerprint density at radius 2 is 0.903 bits per heavy atom. The number of aldehydes is 2. The average molecular weight is 437 g/mol. The van der Waals surface area contributed by atoms with Gasteiger partial charge >= 0.3 is 11.9 Å². The third kappa shape index (κ3) is 6.63. The van der Waals surface area contributed by atoms with E-state index in [0.717, 1.165) is 51.1 Å². The molecule has 0 radical (unpaired) electrons. The van der Waals surface area contributed by atoms with E-state index in [9.17, 15) is 19.2 Å². The summed E-state index contributed by atoms with van der Waals surface area (Å²) in [4.78, 5) is 45.8. The summed E-state index contributed by atoms with van der Waals surface area (Å²) in [5.74, 6) is -1.35. The number of carbonyl (C=O) groups is 4. The van der Waals surface area contributed by atoms with Gasteiger partial charge in [-0.25, -0.2) is 0 Å². The Kier molecular flexibility index (Phi) is 9.26. The fourth-order valence-corrected chi connectivity index (χ4v) is 4.73. The summed E-state index contributed by atoms with van der Waals surface area (Å²) >= 11 is 0. The molecule has 2 aliphatic rings. The van der Waals surface area contributed by atoms with Crippen LogP contribution in [0.1, 0.15) is 85.5 Å². The minimum absolute atomic E-state index is 0.188. The van der Waals surface area contributed by atoms with Gasteiger partial charge in [0.05, 0.1) is 25.0 Å². The molecular formula is C25H40O6. The van der Waals surface area contributed by atoms with Gasteiger partial charge in [-0.05, 0) is 23.7 Å². The van der Waals surface area contributed by atoms with Crippen LogP contribution in [-0.4, -0.2) is 37.7 Å². The maximum Gasteiger partial charge on any atom is 0.310 e. The van der Waals surface area contributed by atoms with Crippen LogP contribution in [0.2, 0.25) is 0 Å². The molecule has 0 bridgehead atoms. The zero-order valence-corrected chi connectivity index (χ0v) is 19.7. The van der Waals surface area contributed by atoms with Gasteiger partial charge in [0, 0.05) is 11.8 Å². The van der Waals surface area contributed by atoms with E-state index < -0.39 is 0 Å². The number of unbranched alkanes of at least 4 members (excludes halogenated alkanes) is 8. The van der Waals surface area contributed by atoms with Gasteiger partial charge in [0.2, 0.25) is 0 Å². The van der Waals surface area contributed by atoms with Crippen LogP contribution in [0.5, 0.6) is 0 Å². The van der Waals surface area contributed by atoms with Crippen LogP contribution in [-0.2, 0) is 28.7 Å². The van der Waals surface area contributed by atoms with Gasteiger partial charge in [-0.3, -0.25) is 9.59 Å². The van der Waals surface area contributed by atoms with Crippen LogP contribution in [0, 0.1) is 34.5 Å². The monoisotopic (exact) mass is 436 g/mol. The highest BCUT2D eigenvalue weighted by Crippen LogP contribution is 2.58. The second-order valence-corrected chi connectivity index (χ2v) is 10.4. The van der Waals surface area contributed by atoms with Crippen molar-refractivity contribution in [3.63, 3.8) is 0 Å². The Morgan fingerprint density at radius 1 is 0.613 bits per heavy atom. The fourth-order valence-electron chi connectivity index (χ4n) is 4.73. The summed E-state index contributed by atoms with van der Waals surface area (Å²) < 4.78 is 10.6. The van der Waals surface area contributed by atoms with E-state index in [1.165, 1.54) is 19.3 Å². The molecule has 6 nitrogen and oxygen atoms in total. The average Bonchev–Trinajstić information content (AvgIpc) is 3.50. The van der Waals surface area contributed by atoms with E-state index in [1.54, 1.807) is 0 Å². The summed E-state index contributed by atoms with van der Waals surface area (Å²) in [5, 5.41) is 0. The summed E-state index contributed by atoms with van der Waals surface area (Å²) in [6.07, 6.45) is 11.4. The van der Waals surface area contributed by atoms with Crippen LogP contribution in [0.3, 0.4) is 0 Å². The first-order chi connectivity index (χ1) is 14.7. The van der Waals surface area contributed by atoms with Crippen molar-refractivity contribution in [1.29, 1.82) is 0 Å². The van der Waals surface area contributed by atoms with Gasteiger partial charge < -0.3 is 19.1 Å². The Balaban J connectivity index is 1.34. The van der Waals surface area contributed by atoms with Crippen molar-refractivity contribution in [3.05, 3.63) is 0 Å². The summed E-state index contributed by atoms with van der Waals surface area (Å²) in [7, 11) is 0. The Morgan fingerprint density at radius 3 is 1.16 bits per heavy atom. The Labute approximate surface area is 186 Å². The molecule has 0 aromatic rings. The SMILES string of the molecule is CC1(C)[C@H](C(=O)OCCCCCCCCCCCOC(=O)[C@@H]2[C@H](C=O)C2(C)C)[C@@H]1C=O. The molecule has 0 aromatic heterocycles. The standard InChI is InChI=1S/C25H40O6/c1-24(2)18(16-26)20(24)22(28)30-14-12-10-8-6-5-7-9-11-13-15-31-23(29)21-19(17-27)25(21,3)4/h16-21H,5-15H2,1-4H3/t18-,19-,20-,21-/m0/s1. The highest BCUT2D eigenvalue weighted by molar-refractivity contribution is 5.84. The minimum atomic E-state index is -0.262. The third-order valence-corrected chi connectivity index (χ3v) is 7.40. The van der Waals surface area contributed by atoms with Gasteiger partial charge in [-0.15, -0.1) is 0 Å². The number of esters is 2. The number of hydrogen-bond acceptors (Lipinski definition) is 6. The van der Waals surface area contributed by atoms with Gasteiger partial charge in [0.1, 0.15) is 12.6 Å². The summed E-state index contributed by atoms with van der Waals surface area (Å²) in [5.41, 5.74) is -0.484. The molecule has 2 saturated carbocycles. The van der Waals surface area contributed by atoms with Gasteiger partial charge in [-0.1, -0.05) is 72.6 Å². The quantitative estimate of drug-likeness (QED) is 0.201. The fraction of sp³-hybridized carbons (Fsp3) is 0.840. The lowest BCUT2D eigenvalue weighted by Crippen LogP contribution is -2.11. The molecule has 0 unspecified atom stereocenters. The predicted octanol–water partition coefficient (Wildman–Crippen LogP) is 4.53. The lowest BCUT2D eigenvalue weighted by atomic mass is 10.1. The van der Waals surface area contributed by atoms with Crippen LogP contribution in [0.15, 0.2) is 0 Å². The predicted molar refractivity (Wildman–Crippen MR) is 117 cm³/mol. The van der Waals surface area contributed by atoms with E-state index in [1.807, 2.05) is 27.7 Å². The Bertz CT molecular complexity index is 584. The molecule has 31 heavy (non-hydrogen) atoms. The highest BCUT2D eigenvalue weighted by atomic mass is 16.5. The maximum absolute atomic E-state index is 12.0. The van der Waals surface area contributed by atoms with Crippen molar-refractivity contribution in [2.45, 2.75) is 85.5 Å². The summed E-state index contributed by atoms with van der Waals surface area (Å²) in [6.45, 7) is 8.63. The van der Waals surface area contributed by atoms with E-state index in [0.29, 0.717) is 13.2 Å². The molecule has 0 saturated heterocycles. The van der Waals surface area contributed by atoms with Crippen molar-refractivity contribution in [2.24, 2.45) is 34.5 Å². The third-order valence-electron chi connectivity index (χ3n) is 7.40. The normalized spacial score (nSPS) is 27.2. The van der Waals surface area contributed by atoms with Crippen molar-refractivity contribution in [3.8, 4) is 0 Å². The van der Waals surface area contributed by atoms with Crippen molar-refractivity contribution in [1.82, 2.24) is 0 Å². The van der Waals surface area contributed by atoms with Crippen molar-refractivity contribution < 1.29 is 28.7 Å². The minimum Gasteiger partial charge on any atom is -0.465 e. The van der Waals surface area contributed by atoms with E-state index in [2.05, 4.69) is 0 Å². The lowest BCUT2D eigenvalue weighted by molar-refractivity contribution is -0.147. The molecule has 6 heteroatoms. The second-order valence-electron chi connectivity index (χ2n) is 10.4. The van der Waals surface area contributed by atoms with E-state index in [-0.39, 0.29) is 46.4 Å². The molecule has 2 aliphatic carbocycles. The molecule has 2 rings (SSSR count). The molecule has 176 valence electrons. The first-order valence-electron chi connectivity index (χ1n) is 11.9. The van der Waals surface area contributed by atoms with Gasteiger partial charge in [-0.2, -0.15) is 0 Å². The van der Waals surface area contributed by atoms with Crippen LogP contribution in [0.4, 0.5) is 0 Å². The molecule has 0 aromatic carbocycles. The first-order valence-corrected chi connectivity index (χ1v) is 11.9. The number of carbonyl (C=O) groups excluding carboxylic acids is 4. The largest absolute Gasteiger partial charge is 0.465 e. The molecule has 0 amide bonds. The Hall–Kier alpha value is -1.72. The molecule has 0 aliphatic heterocycles. The van der Waals surface area contributed by atoms with Crippen LogP contribution in [0.25, 0.3) is 0 Å². The molecular weight excluding hydrogens is 396 g/mol. The number of rotatable bonds is 16. The second kappa shape index (κ2) is 11.2. The lowest BCUT2D eigenvalue weighted by Gasteiger charge is -2.06. The van der Waals surface area contributed by atoms with E-state index >= 15 is 0 Å². The number of hydrogen-bond donors (Lipinski definition) is 0.